The van der Waals surface area contributed by atoms with E-state index in [1.165, 1.54) is 24.8 Å². The highest BCUT2D eigenvalue weighted by Crippen LogP contribution is 2.32. The average molecular weight is 547 g/mol. The van der Waals surface area contributed by atoms with Crippen LogP contribution in [0.4, 0.5) is 10.5 Å². The summed E-state index contributed by atoms with van der Waals surface area (Å²) in [5.41, 5.74) is 2.97. The highest BCUT2D eigenvalue weighted by molar-refractivity contribution is 7.99. The lowest BCUT2D eigenvalue weighted by atomic mass is 9.97. The van der Waals surface area contributed by atoms with Gasteiger partial charge in [0.15, 0.2) is 0 Å². The van der Waals surface area contributed by atoms with Gasteiger partial charge in [-0.1, -0.05) is 99.8 Å². The molecule has 0 saturated carbocycles. The number of rotatable bonds is 16. The second-order valence-corrected chi connectivity index (χ2v) is 11.0. The van der Waals surface area contributed by atoms with Gasteiger partial charge in [-0.3, -0.25) is 9.69 Å². The number of aryl methyl sites for hydroxylation is 1. The summed E-state index contributed by atoms with van der Waals surface area (Å²) in [6.45, 7) is 5.42. The van der Waals surface area contributed by atoms with Crippen LogP contribution in [0.5, 0.6) is 0 Å². The predicted octanol–water partition coefficient (Wildman–Crippen LogP) is 8.54. The average Bonchev–Trinajstić information content (AvgIpc) is 2.95. The van der Waals surface area contributed by atoms with E-state index in [1.54, 1.807) is 11.8 Å². The summed E-state index contributed by atoms with van der Waals surface area (Å²) in [7, 11) is 0. The number of benzene rings is 3. The Hall–Kier alpha value is -3.25. The summed E-state index contributed by atoms with van der Waals surface area (Å²) in [6.07, 6.45) is 8.14. The minimum atomic E-state index is -0.794. The van der Waals surface area contributed by atoms with E-state index >= 15 is 0 Å². The Labute approximate surface area is 238 Å². The van der Waals surface area contributed by atoms with Crippen LogP contribution in [0.15, 0.2) is 88.7 Å². The third-order valence-electron chi connectivity index (χ3n) is 6.85. The zero-order valence-corrected chi connectivity index (χ0v) is 24.1. The maximum Gasteiger partial charge on any atom is 0.321 e. The van der Waals surface area contributed by atoms with Crippen LogP contribution in [-0.2, 0) is 11.2 Å². The molecule has 0 saturated heterocycles. The van der Waals surface area contributed by atoms with Crippen LogP contribution in [-0.4, -0.2) is 30.2 Å². The molecule has 2 amide bonds. The zero-order chi connectivity index (χ0) is 27.9. The Bertz CT molecular complexity index is 1150. The standard InChI is InChI=1S/C33H42N2O3S/c1-3-5-6-7-11-23-34-33(38)35(24-13-16-26-14-9-8-10-15-26)28-17-12-18-30(25-28)39-29-21-19-27(20-22-29)31(4-2)32(36)37/h8-10,12,14-15,17-22,25,31H,3-7,11,13,16,23-24H2,1-2H3,(H,34,38)(H,36,37). The van der Waals surface area contributed by atoms with Crippen LogP contribution in [0.1, 0.15) is 75.8 Å². The summed E-state index contributed by atoms with van der Waals surface area (Å²) in [5.74, 6) is -1.28. The highest BCUT2D eigenvalue weighted by atomic mass is 32.2. The third-order valence-corrected chi connectivity index (χ3v) is 7.84. The summed E-state index contributed by atoms with van der Waals surface area (Å²) >= 11 is 1.61. The first-order chi connectivity index (χ1) is 19.0. The minimum Gasteiger partial charge on any atom is -0.481 e. The van der Waals surface area contributed by atoms with Crippen LogP contribution < -0.4 is 10.2 Å². The van der Waals surface area contributed by atoms with Crippen molar-refractivity contribution >= 4 is 29.4 Å². The van der Waals surface area contributed by atoms with Gasteiger partial charge in [-0.25, -0.2) is 4.79 Å². The molecule has 39 heavy (non-hydrogen) atoms. The Morgan fingerprint density at radius 1 is 0.846 bits per heavy atom. The number of carbonyl (C=O) groups is 2. The molecular weight excluding hydrogens is 504 g/mol. The van der Waals surface area contributed by atoms with Crippen molar-refractivity contribution in [3.05, 3.63) is 90.0 Å². The van der Waals surface area contributed by atoms with E-state index in [2.05, 4.69) is 42.6 Å². The lowest BCUT2D eigenvalue weighted by molar-refractivity contribution is -0.138. The lowest BCUT2D eigenvalue weighted by Gasteiger charge is -2.24. The Kier molecular flexibility index (Phi) is 12.9. The van der Waals surface area contributed by atoms with Crippen molar-refractivity contribution in [2.75, 3.05) is 18.0 Å². The van der Waals surface area contributed by atoms with E-state index in [-0.39, 0.29) is 6.03 Å². The SMILES string of the molecule is CCCCCCCNC(=O)N(CCCc1ccccc1)c1cccc(Sc2ccc(C(CC)C(=O)O)cc2)c1. The van der Waals surface area contributed by atoms with Gasteiger partial charge in [-0.2, -0.15) is 0 Å². The molecule has 0 aliphatic rings. The fourth-order valence-electron chi connectivity index (χ4n) is 4.63. The molecule has 0 aliphatic heterocycles. The number of amides is 2. The second-order valence-electron chi connectivity index (χ2n) is 9.85. The van der Waals surface area contributed by atoms with E-state index < -0.39 is 11.9 Å². The van der Waals surface area contributed by atoms with Gasteiger partial charge in [0.25, 0.3) is 0 Å². The number of anilines is 1. The number of carboxylic acid groups (broad SMARTS) is 1. The van der Waals surface area contributed by atoms with Gasteiger partial charge in [0, 0.05) is 28.6 Å². The Morgan fingerprint density at radius 3 is 2.28 bits per heavy atom. The number of urea groups is 1. The maximum absolute atomic E-state index is 13.3. The van der Waals surface area contributed by atoms with Gasteiger partial charge in [0.05, 0.1) is 5.92 Å². The van der Waals surface area contributed by atoms with Crippen molar-refractivity contribution in [2.24, 2.45) is 0 Å². The summed E-state index contributed by atoms with van der Waals surface area (Å²) in [4.78, 5) is 28.7. The van der Waals surface area contributed by atoms with E-state index in [1.807, 2.05) is 60.4 Å². The second kappa shape index (κ2) is 16.7. The molecule has 5 nitrogen and oxygen atoms in total. The van der Waals surface area contributed by atoms with E-state index in [0.29, 0.717) is 19.5 Å². The lowest BCUT2D eigenvalue weighted by Crippen LogP contribution is -2.41. The number of unbranched alkanes of at least 4 members (excludes halogenated alkanes) is 4. The smallest absolute Gasteiger partial charge is 0.321 e. The number of carbonyl (C=O) groups excluding carboxylic acids is 1. The van der Waals surface area contributed by atoms with Crippen molar-refractivity contribution in [1.29, 1.82) is 0 Å². The molecule has 3 rings (SSSR count). The van der Waals surface area contributed by atoms with Gasteiger partial charge in [0.2, 0.25) is 0 Å². The number of hydrogen-bond acceptors (Lipinski definition) is 3. The van der Waals surface area contributed by atoms with Gasteiger partial charge < -0.3 is 10.4 Å². The molecule has 2 N–H and O–H groups in total. The van der Waals surface area contributed by atoms with Crippen LogP contribution >= 0.6 is 11.8 Å². The number of nitrogens with one attached hydrogen (secondary N) is 1. The number of aliphatic carboxylic acids is 1. The molecule has 0 fully saturated rings. The van der Waals surface area contributed by atoms with E-state index in [9.17, 15) is 14.7 Å². The largest absolute Gasteiger partial charge is 0.481 e. The Morgan fingerprint density at radius 2 is 1.59 bits per heavy atom. The first kappa shape index (κ1) is 30.3. The third kappa shape index (κ3) is 10.1. The minimum absolute atomic E-state index is 0.0515. The monoisotopic (exact) mass is 546 g/mol. The van der Waals surface area contributed by atoms with Crippen molar-refractivity contribution < 1.29 is 14.7 Å². The van der Waals surface area contributed by atoms with Crippen molar-refractivity contribution in [1.82, 2.24) is 5.32 Å². The zero-order valence-electron chi connectivity index (χ0n) is 23.3. The predicted molar refractivity (Wildman–Crippen MR) is 162 cm³/mol. The summed E-state index contributed by atoms with van der Waals surface area (Å²) in [6, 6.07) is 26.2. The van der Waals surface area contributed by atoms with Crippen molar-refractivity contribution in [3.63, 3.8) is 0 Å². The molecule has 0 radical (unpaired) electrons. The molecule has 1 atom stereocenters. The molecule has 0 spiro atoms. The topological polar surface area (TPSA) is 69.6 Å². The quantitative estimate of drug-likeness (QED) is 0.177. The normalized spacial score (nSPS) is 11.6. The number of carboxylic acids is 1. The highest BCUT2D eigenvalue weighted by Gasteiger charge is 2.18. The van der Waals surface area contributed by atoms with Crippen LogP contribution in [0, 0.1) is 0 Å². The molecule has 0 heterocycles. The molecule has 0 aromatic heterocycles. The van der Waals surface area contributed by atoms with Gasteiger partial charge >= 0.3 is 12.0 Å². The van der Waals surface area contributed by atoms with E-state index in [0.717, 1.165) is 46.7 Å². The van der Waals surface area contributed by atoms with Gasteiger partial charge in [0.1, 0.15) is 0 Å². The van der Waals surface area contributed by atoms with Crippen LogP contribution in [0.2, 0.25) is 0 Å². The van der Waals surface area contributed by atoms with Crippen molar-refractivity contribution in [3.8, 4) is 0 Å². The van der Waals surface area contributed by atoms with Gasteiger partial charge in [-0.15, -0.1) is 0 Å². The van der Waals surface area contributed by atoms with E-state index in [4.69, 9.17) is 0 Å². The first-order valence-electron chi connectivity index (χ1n) is 14.2. The summed E-state index contributed by atoms with van der Waals surface area (Å²) < 4.78 is 0. The summed E-state index contributed by atoms with van der Waals surface area (Å²) in [5, 5.41) is 12.6. The van der Waals surface area contributed by atoms with Crippen molar-refractivity contribution in [2.45, 2.75) is 80.9 Å². The molecule has 6 heteroatoms. The molecular formula is C33H42N2O3S. The van der Waals surface area contributed by atoms with Gasteiger partial charge in [-0.05, 0) is 67.1 Å². The molecule has 1 unspecified atom stereocenters. The molecule has 0 bridgehead atoms. The molecule has 3 aromatic carbocycles. The fourth-order valence-corrected chi connectivity index (χ4v) is 5.50. The van der Waals surface area contributed by atoms with Crippen LogP contribution in [0.25, 0.3) is 0 Å². The maximum atomic E-state index is 13.3. The first-order valence-corrected chi connectivity index (χ1v) is 15.0. The molecule has 0 aliphatic carbocycles. The fraction of sp³-hybridized carbons (Fsp3) is 0.394. The van der Waals surface area contributed by atoms with Crippen LogP contribution in [0.3, 0.4) is 0 Å². The molecule has 3 aromatic rings. The number of hydrogen-bond donors (Lipinski definition) is 2. The Balaban J connectivity index is 1.68. The molecule has 208 valence electrons. The number of nitrogens with zero attached hydrogens (tertiary/aromatic N) is 1.